The van der Waals surface area contributed by atoms with Gasteiger partial charge in [-0.25, -0.2) is 4.79 Å². The molecule has 0 saturated carbocycles. The highest BCUT2D eigenvalue weighted by atomic mass is 16.4. The van der Waals surface area contributed by atoms with E-state index < -0.39 is 11.5 Å². The summed E-state index contributed by atoms with van der Waals surface area (Å²) in [4.78, 5) is 25.3. The maximum absolute atomic E-state index is 12.4. The SMILES string of the molecule is CC1NCCC1C(=O)N1CCCC1(C)C(=O)O. The number of carbonyl (C=O) groups is 2. The second-order valence-corrected chi connectivity index (χ2v) is 5.31. The first-order valence-electron chi connectivity index (χ1n) is 6.25. The van der Waals surface area contributed by atoms with Gasteiger partial charge in [0.25, 0.3) is 0 Å². The van der Waals surface area contributed by atoms with Crippen LogP contribution < -0.4 is 5.32 Å². The Morgan fingerprint density at radius 3 is 2.71 bits per heavy atom. The van der Waals surface area contributed by atoms with E-state index in [4.69, 9.17) is 0 Å². The zero-order valence-electron chi connectivity index (χ0n) is 10.4. The van der Waals surface area contributed by atoms with Gasteiger partial charge < -0.3 is 15.3 Å². The number of carboxylic acids is 1. The molecular weight excluding hydrogens is 220 g/mol. The van der Waals surface area contributed by atoms with Gasteiger partial charge >= 0.3 is 5.97 Å². The maximum Gasteiger partial charge on any atom is 0.329 e. The number of amides is 1. The molecule has 2 saturated heterocycles. The standard InChI is InChI=1S/C12H20N2O3/c1-8-9(4-6-13-8)10(15)14-7-3-5-12(14,2)11(16)17/h8-9,13H,3-7H2,1-2H3,(H,16,17). The normalized spacial score (nSPS) is 37.4. The average molecular weight is 240 g/mol. The molecule has 2 aliphatic heterocycles. The molecule has 0 aromatic carbocycles. The Labute approximate surface area is 101 Å². The van der Waals surface area contributed by atoms with E-state index in [1.54, 1.807) is 11.8 Å². The molecule has 96 valence electrons. The highest BCUT2D eigenvalue weighted by Gasteiger charge is 2.48. The molecule has 3 atom stereocenters. The number of likely N-dealkylation sites (tertiary alicyclic amines) is 1. The molecule has 3 unspecified atom stereocenters. The predicted octanol–water partition coefficient (Wildman–Crippen LogP) is 0.450. The van der Waals surface area contributed by atoms with Crippen LogP contribution in [0.15, 0.2) is 0 Å². The smallest absolute Gasteiger partial charge is 0.329 e. The average Bonchev–Trinajstić information content (AvgIpc) is 2.84. The van der Waals surface area contributed by atoms with Crippen molar-refractivity contribution < 1.29 is 14.7 Å². The van der Waals surface area contributed by atoms with Gasteiger partial charge in [-0.3, -0.25) is 4.79 Å². The highest BCUT2D eigenvalue weighted by Crippen LogP contribution is 2.32. The van der Waals surface area contributed by atoms with E-state index in [1.165, 1.54) is 0 Å². The largest absolute Gasteiger partial charge is 0.480 e. The fraction of sp³-hybridized carbons (Fsp3) is 0.833. The van der Waals surface area contributed by atoms with Crippen LogP contribution in [0.5, 0.6) is 0 Å². The van der Waals surface area contributed by atoms with Crippen molar-refractivity contribution >= 4 is 11.9 Å². The summed E-state index contributed by atoms with van der Waals surface area (Å²) in [7, 11) is 0. The number of carboxylic acid groups (broad SMARTS) is 1. The van der Waals surface area contributed by atoms with Crippen LogP contribution in [-0.4, -0.2) is 46.6 Å². The van der Waals surface area contributed by atoms with E-state index in [9.17, 15) is 14.7 Å². The minimum Gasteiger partial charge on any atom is -0.480 e. The molecule has 2 aliphatic rings. The molecule has 2 fully saturated rings. The third-order valence-electron chi connectivity index (χ3n) is 4.21. The highest BCUT2D eigenvalue weighted by molar-refractivity contribution is 5.89. The van der Waals surface area contributed by atoms with Crippen molar-refractivity contribution in [2.24, 2.45) is 5.92 Å². The second-order valence-electron chi connectivity index (χ2n) is 5.31. The fourth-order valence-corrected chi connectivity index (χ4v) is 2.94. The minimum absolute atomic E-state index is 0.00454. The molecule has 5 nitrogen and oxygen atoms in total. The lowest BCUT2D eigenvalue weighted by atomic mass is 9.95. The topological polar surface area (TPSA) is 69.6 Å². The van der Waals surface area contributed by atoms with Gasteiger partial charge in [0.05, 0.1) is 5.92 Å². The molecule has 2 N–H and O–H groups in total. The van der Waals surface area contributed by atoms with Crippen LogP contribution in [0.25, 0.3) is 0 Å². The quantitative estimate of drug-likeness (QED) is 0.735. The van der Waals surface area contributed by atoms with E-state index in [1.807, 2.05) is 6.92 Å². The summed E-state index contributed by atoms with van der Waals surface area (Å²) >= 11 is 0. The zero-order valence-corrected chi connectivity index (χ0v) is 10.4. The molecule has 0 bridgehead atoms. The van der Waals surface area contributed by atoms with Gasteiger partial charge in [0, 0.05) is 12.6 Å². The number of nitrogens with one attached hydrogen (secondary N) is 1. The van der Waals surface area contributed by atoms with Crippen LogP contribution in [0.2, 0.25) is 0 Å². The first-order valence-corrected chi connectivity index (χ1v) is 6.25. The van der Waals surface area contributed by atoms with Crippen molar-refractivity contribution in [3.8, 4) is 0 Å². The predicted molar refractivity (Wildman–Crippen MR) is 62.6 cm³/mol. The van der Waals surface area contributed by atoms with E-state index >= 15 is 0 Å². The van der Waals surface area contributed by atoms with E-state index in [2.05, 4.69) is 5.32 Å². The molecule has 2 heterocycles. The molecule has 0 aromatic heterocycles. The maximum atomic E-state index is 12.4. The van der Waals surface area contributed by atoms with Crippen molar-refractivity contribution in [3.63, 3.8) is 0 Å². The van der Waals surface area contributed by atoms with E-state index in [-0.39, 0.29) is 17.9 Å². The molecule has 17 heavy (non-hydrogen) atoms. The summed E-state index contributed by atoms with van der Waals surface area (Å²) in [5, 5.41) is 12.5. The van der Waals surface area contributed by atoms with Gasteiger partial charge in [0.2, 0.25) is 5.91 Å². The molecule has 2 rings (SSSR count). The number of hydrogen-bond donors (Lipinski definition) is 2. The number of nitrogens with zero attached hydrogens (tertiary/aromatic N) is 1. The Morgan fingerprint density at radius 1 is 1.47 bits per heavy atom. The monoisotopic (exact) mass is 240 g/mol. The van der Waals surface area contributed by atoms with Crippen LogP contribution in [0.3, 0.4) is 0 Å². The number of rotatable bonds is 2. The summed E-state index contributed by atoms with van der Waals surface area (Å²) in [5.74, 6) is -0.946. The summed E-state index contributed by atoms with van der Waals surface area (Å²) in [6, 6.07) is 0.154. The zero-order chi connectivity index (χ0) is 12.6. The van der Waals surface area contributed by atoms with Gasteiger partial charge in [0.1, 0.15) is 5.54 Å². The molecule has 0 aliphatic carbocycles. The van der Waals surface area contributed by atoms with Crippen molar-refractivity contribution in [2.75, 3.05) is 13.1 Å². The summed E-state index contributed by atoms with van der Waals surface area (Å²) in [6.07, 6.45) is 2.15. The minimum atomic E-state index is -1.00. The van der Waals surface area contributed by atoms with Gasteiger partial charge in [-0.2, -0.15) is 0 Å². The van der Waals surface area contributed by atoms with Crippen molar-refractivity contribution in [2.45, 2.75) is 44.7 Å². The number of hydrogen-bond acceptors (Lipinski definition) is 3. The molecule has 0 radical (unpaired) electrons. The van der Waals surface area contributed by atoms with Crippen LogP contribution in [0.4, 0.5) is 0 Å². The van der Waals surface area contributed by atoms with Gasteiger partial charge in [0.15, 0.2) is 0 Å². The van der Waals surface area contributed by atoms with Crippen LogP contribution in [0, 0.1) is 5.92 Å². The molecule has 1 amide bonds. The molecule has 0 spiro atoms. The third-order valence-corrected chi connectivity index (χ3v) is 4.21. The number of aliphatic carboxylic acids is 1. The Kier molecular flexibility index (Phi) is 3.12. The Balaban J connectivity index is 2.16. The molecular formula is C12H20N2O3. The lowest BCUT2D eigenvalue weighted by molar-refractivity contribution is -0.157. The molecule has 5 heteroatoms. The lowest BCUT2D eigenvalue weighted by Crippen LogP contribution is -2.53. The molecule has 0 aromatic rings. The third kappa shape index (κ3) is 1.92. The van der Waals surface area contributed by atoms with Crippen LogP contribution >= 0.6 is 0 Å². The Bertz CT molecular complexity index is 345. The van der Waals surface area contributed by atoms with E-state index in [0.29, 0.717) is 13.0 Å². The fourth-order valence-electron chi connectivity index (χ4n) is 2.94. The van der Waals surface area contributed by atoms with E-state index in [0.717, 1.165) is 19.4 Å². The summed E-state index contributed by atoms with van der Waals surface area (Å²) in [5.41, 5.74) is -1.00. The van der Waals surface area contributed by atoms with Gasteiger partial charge in [-0.15, -0.1) is 0 Å². The lowest BCUT2D eigenvalue weighted by Gasteiger charge is -2.33. The first kappa shape index (κ1) is 12.4. The number of carbonyl (C=O) groups excluding carboxylic acids is 1. The van der Waals surface area contributed by atoms with Gasteiger partial charge in [-0.1, -0.05) is 0 Å². The summed E-state index contributed by atoms with van der Waals surface area (Å²) in [6.45, 7) is 5.07. The Morgan fingerprint density at radius 2 is 2.18 bits per heavy atom. The van der Waals surface area contributed by atoms with Crippen molar-refractivity contribution in [1.29, 1.82) is 0 Å². The summed E-state index contributed by atoms with van der Waals surface area (Å²) < 4.78 is 0. The first-order chi connectivity index (χ1) is 7.97. The second kappa shape index (κ2) is 4.29. The van der Waals surface area contributed by atoms with Crippen molar-refractivity contribution in [1.82, 2.24) is 10.2 Å². The Hall–Kier alpha value is -1.10. The van der Waals surface area contributed by atoms with Crippen LogP contribution in [0.1, 0.15) is 33.1 Å². The van der Waals surface area contributed by atoms with Gasteiger partial charge in [-0.05, 0) is 39.7 Å². The van der Waals surface area contributed by atoms with Crippen LogP contribution in [-0.2, 0) is 9.59 Å². The van der Waals surface area contributed by atoms with Crippen molar-refractivity contribution in [3.05, 3.63) is 0 Å².